The molecule has 0 saturated carbocycles. The van der Waals surface area contributed by atoms with E-state index < -0.39 is 0 Å². The van der Waals surface area contributed by atoms with E-state index in [0.29, 0.717) is 5.82 Å². The van der Waals surface area contributed by atoms with Crippen molar-refractivity contribution in [2.24, 2.45) is 0 Å². The van der Waals surface area contributed by atoms with E-state index in [4.69, 9.17) is 5.73 Å². The number of thioether (sulfide) groups is 1. The summed E-state index contributed by atoms with van der Waals surface area (Å²) in [7, 11) is 0. The summed E-state index contributed by atoms with van der Waals surface area (Å²) < 4.78 is 1.31. The molecule has 0 fully saturated rings. The summed E-state index contributed by atoms with van der Waals surface area (Å²) in [6.45, 7) is 0. The van der Waals surface area contributed by atoms with Crippen LogP contribution in [0.2, 0.25) is 0 Å². The molecule has 2 heterocycles. The second-order valence-electron chi connectivity index (χ2n) is 2.77. The zero-order valence-corrected chi connectivity index (χ0v) is 9.15. The number of nitrogens with zero attached hydrogens (tertiary/aromatic N) is 1. The number of rotatable bonds is 3. The van der Waals surface area contributed by atoms with Crippen LogP contribution in [0.3, 0.4) is 0 Å². The Labute approximate surface area is 91.2 Å². The maximum atomic E-state index is 5.59. The third-order valence-electron chi connectivity index (χ3n) is 1.69. The number of nitrogens with two attached hydrogens (primary N) is 1. The Balaban J connectivity index is 1.98. The molecule has 0 aliphatic rings. The lowest BCUT2D eigenvalue weighted by molar-refractivity contribution is 1.18. The predicted molar refractivity (Wildman–Crippen MR) is 62.5 cm³/mol. The van der Waals surface area contributed by atoms with E-state index in [2.05, 4.69) is 22.5 Å². The lowest BCUT2D eigenvalue weighted by atomic mass is 10.4. The monoisotopic (exact) mass is 222 g/mol. The Morgan fingerprint density at radius 2 is 2.21 bits per heavy atom. The summed E-state index contributed by atoms with van der Waals surface area (Å²) in [6, 6.07) is 9.91. The van der Waals surface area contributed by atoms with Crippen molar-refractivity contribution in [3.63, 3.8) is 0 Å². The van der Waals surface area contributed by atoms with Gasteiger partial charge in [0.25, 0.3) is 0 Å². The summed E-state index contributed by atoms with van der Waals surface area (Å²) in [5.41, 5.74) is 6.62. The zero-order chi connectivity index (χ0) is 9.80. The van der Waals surface area contributed by atoms with E-state index in [1.807, 2.05) is 12.1 Å². The molecule has 0 aliphatic carbocycles. The fraction of sp³-hybridized carbons (Fsp3) is 0.100. The molecular weight excluding hydrogens is 212 g/mol. The highest BCUT2D eigenvalue weighted by Crippen LogP contribution is 2.26. The van der Waals surface area contributed by atoms with Crippen LogP contribution >= 0.6 is 23.1 Å². The van der Waals surface area contributed by atoms with Crippen molar-refractivity contribution in [1.29, 1.82) is 0 Å². The second-order valence-corrected chi connectivity index (χ2v) is 5.00. The van der Waals surface area contributed by atoms with E-state index in [1.165, 1.54) is 4.21 Å². The van der Waals surface area contributed by atoms with Crippen LogP contribution in [0.5, 0.6) is 0 Å². The molecule has 0 unspecified atom stereocenters. The van der Waals surface area contributed by atoms with E-state index in [9.17, 15) is 0 Å². The van der Waals surface area contributed by atoms with Crippen LogP contribution in [-0.4, -0.2) is 4.98 Å². The third kappa shape index (κ3) is 2.49. The molecule has 0 radical (unpaired) electrons. The first-order valence-corrected chi connectivity index (χ1v) is 6.09. The quantitative estimate of drug-likeness (QED) is 0.811. The summed E-state index contributed by atoms with van der Waals surface area (Å²) in [6.07, 6.45) is 0. The minimum absolute atomic E-state index is 0.592. The number of nitrogen functional groups attached to an aromatic ring is 1. The second kappa shape index (κ2) is 4.48. The lowest BCUT2D eigenvalue weighted by Crippen LogP contribution is -1.92. The molecular formula is C10H10N2S2. The van der Waals surface area contributed by atoms with Crippen LogP contribution in [0.4, 0.5) is 5.82 Å². The van der Waals surface area contributed by atoms with E-state index in [-0.39, 0.29) is 0 Å². The molecule has 72 valence electrons. The molecule has 0 bridgehead atoms. The topological polar surface area (TPSA) is 38.9 Å². The number of pyridine rings is 1. The molecule has 2 aromatic heterocycles. The maximum absolute atomic E-state index is 5.59. The molecule has 2 nitrogen and oxygen atoms in total. The van der Waals surface area contributed by atoms with Crippen molar-refractivity contribution in [3.05, 3.63) is 41.4 Å². The van der Waals surface area contributed by atoms with Crippen molar-refractivity contribution < 1.29 is 0 Å². The first-order valence-electron chi connectivity index (χ1n) is 4.22. The molecule has 14 heavy (non-hydrogen) atoms. The first-order chi connectivity index (χ1) is 6.84. The van der Waals surface area contributed by atoms with Crippen molar-refractivity contribution in [3.8, 4) is 0 Å². The van der Waals surface area contributed by atoms with Crippen LogP contribution < -0.4 is 5.73 Å². The van der Waals surface area contributed by atoms with E-state index in [0.717, 1.165) is 11.4 Å². The van der Waals surface area contributed by atoms with E-state index >= 15 is 0 Å². The minimum Gasteiger partial charge on any atom is -0.384 e. The Hall–Kier alpha value is -1.00. The summed E-state index contributed by atoms with van der Waals surface area (Å²) in [4.78, 5) is 4.23. The van der Waals surface area contributed by atoms with E-state index in [1.54, 1.807) is 29.2 Å². The Morgan fingerprint density at radius 3 is 2.93 bits per heavy atom. The van der Waals surface area contributed by atoms with Gasteiger partial charge in [-0.2, -0.15) is 0 Å². The first kappa shape index (κ1) is 9.55. The Bertz CT molecular complexity index is 398. The van der Waals surface area contributed by atoms with Gasteiger partial charge in [-0.05, 0) is 23.6 Å². The van der Waals surface area contributed by atoms with Gasteiger partial charge in [0.05, 0.1) is 9.90 Å². The standard InChI is InChI=1S/C10H10N2S2/c11-9-4-1-3-8(12-9)7-14-10-5-2-6-13-10/h1-6H,7H2,(H2,11,12). The van der Waals surface area contributed by atoms with Crippen molar-refractivity contribution in [2.75, 3.05) is 5.73 Å². The fourth-order valence-corrected chi connectivity index (χ4v) is 2.76. The number of hydrogen-bond acceptors (Lipinski definition) is 4. The average molecular weight is 222 g/mol. The van der Waals surface area contributed by atoms with Crippen LogP contribution in [0, 0.1) is 0 Å². The Kier molecular flexibility index (Phi) is 3.06. The highest BCUT2D eigenvalue weighted by Gasteiger charge is 1.98. The van der Waals surface area contributed by atoms with Gasteiger partial charge in [0.1, 0.15) is 5.82 Å². The normalized spacial score (nSPS) is 10.3. The van der Waals surface area contributed by atoms with Gasteiger partial charge >= 0.3 is 0 Å². The maximum Gasteiger partial charge on any atom is 0.123 e. The molecule has 0 aromatic carbocycles. The summed E-state index contributed by atoms with van der Waals surface area (Å²) >= 11 is 3.54. The SMILES string of the molecule is Nc1cccc(CSc2cccs2)n1. The molecule has 2 aromatic rings. The molecule has 0 atom stereocenters. The molecule has 0 amide bonds. The number of aromatic nitrogens is 1. The van der Waals surface area contributed by atoms with Gasteiger partial charge in [0.2, 0.25) is 0 Å². The van der Waals surface area contributed by atoms with Gasteiger partial charge in [-0.15, -0.1) is 23.1 Å². The van der Waals surface area contributed by atoms with Crippen molar-refractivity contribution >= 4 is 28.9 Å². The third-order valence-corrected chi connectivity index (χ3v) is 3.85. The van der Waals surface area contributed by atoms with Gasteiger partial charge in [-0.3, -0.25) is 0 Å². The highest BCUT2D eigenvalue weighted by atomic mass is 32.2. The van der Waals surface area contributed by atoms with Crippen LogP contribution in [0.25, 0.3) is 0 Å². The van der Waals surface area contributed by atoms with Crippen LogP contribution in [0.1, 0.15) is 5.69 Å². The molecule has 0 aliphatic heterocycles. The summed E-state index contributed by atoms with van der Waals surface area (Å²) in [5.74, 6) is 1.47. The van der Waals surface area contributed by atoms with Crippen LogP contribution in [0.15, 0.2) is 39.9 Å². The highest BCUT2D eigenvalue weighted by molar-refractivity contribution is 8.00. The number of thiophene rings is 1. The number of hydrogen-bond donors (Lipinski definition) is 1. The molecule has 0 saturated heterocycles. The van der Waals surface area contributed by atoms with Gasteiger partial charge in [0.15, 0.2) is 0 Å². The zero-order valence-electron chi connectivity index (χ0n) is 7.51. The predicted octanol–water partition coefficient (Wildman–Crippen LogP) is 3.02. The largest absolute Gasteiger partial charge is 0.384 e. The molecule has 4 heteroatoms. The Morgan fingerprint density at radius 1 is 1.29 bits per heavy atom. The van der Waals surface area contributed by atoms with Gasteiger partial charge in [-0.1, -0.05) is 12.1 Å². The van der Waals surface area contributed by atoms with Crippen LogP contribution in [-0.2, 0) is 5.75 Å². The number of anilines is 1. The summed E-state index contributed by atoms with van der Waals surface area (Å²) in [5, 5.41) is 2.08. The van der Waals surface area contributed by atoms with Gasteiger partial charge < -0.3 is 5.73 Å². The smallest absolute Gasteiger partial charge is 0.123 e. The van der Waals surface area contributed by atoms with Crippen molar-refractivity contribution in [2.45, 2.75) is 9.96 Å². The fourth-order valence-electron chi connectivity index (χ4n) is 1.07. The average Bonchev–Trinajstić information content (AvgIpc) is 2.67. The molecule has 0 spiro atoms. The molecule has 2 rings (SSSR count). The lowest BCUT2D eigenvalue weighted by Gasteiger charge is -1.99. The van der Waals surface area contributed by atoms with Gasteiger partial charge in [-0.25, -0.2) is 4.98 Å². The van der Waals surface area contributed by atoms with Gasteiger partial charge in [0, 0.05) is 5.75 Å². The van der Waals surface area contributed by atoms with Crippen molar-refractivity contribution in [1.82, 2.24) is 4.98 Å². The molecule has 2 N–H and O–H groups in total. The minimum atomic E-state index is 0.592.